The first kappa shape index (κ1) is 16.8. The Balaban J connectivity index is 2.35. The Morgan fingerprint density at radius 3 is 2.62 bits per heavy atom. The fourth-order valence-corrected chi connectivity index (χ4v) is 3.63. The van der Waals surface area contributed by atoms with Gasteiger partial charge in [-0.25, -0.2) is 0 Å². The molecule has 1 aromatic rings. The zero-order chi connectivity index (χ0) is 15.6. The summed E-state index contributed by atoms with van der Waals surface area (Å²) in [6, 6.07) is 0.00194. The average Bonchev–Trinajstić information content (AvgIpc) is 2.83. The second-order valence-electron chi connectivity index (χ2n) is 6.57. The molecular weight excluding hydrogens is 286 g/mol. The van der Waals surface area contributed by atoms with Gasteiger partial charge in [0.15, 0.2) is 0 Å². The third-order valence-corrected chi connectivity index (χ3v) is 4.98. The van der Waals surface area contributed by atoms with Crippen LogP contribution in [0.4, 0.5) is 0 Å². The molecule has 2 rings (SSSR count). The smallest absolute Gasteiger partial charge is 0.0890 e. The van der Waals surface area contributed by atoms with Gasteiger partial charge in [0.2, 0.25) is 0 Å². The standard InChI is InChI=1S/C16H28ClN3O/c1-5-21-16(8-6-12(4)7-9-16)15(18)14-13(17)10-19-20(14)11(2)3/h10-12,15H,5-9,18H2,1-4H3. The van der Waals surface area contributed by atoms with Crippen molar-refractivity contribution in [1.29, 1.82) is 0 Å². The van der Waals surface area contributed by atoms with Crippen LogP contribution in [0.3, 0.4) is 0 Å². The molecule has 1 unspecified atom stereocenters. The van der Waals surface area contributed by atoms with Crippen molar-refractivity contribution >= 4 is 11.6 Å². The lowest BCUT2D eigenvalue weighted by Gasteiger charge is -2.43. The monoisotopic (exact) mass is 313 g/mol. The normalized spacial score (nSPS) is 28.0. The van der Waals surface area contributed by atoms with Gasteiger partial charge in [0.05, 0.1) is 28.6 Å². The van der Waals surface area contributed by atoms with Crippen LogP contribution in [0.25, 0.3) is 0 Å². The molecule has 0 saturated heterocycles. The molecule has 1 aliphatic carbocycles. The first-order valence-corrected chi connectivity index (χ1v) is 8.41. The lowest BCUT2D eigenvalue weighted by atomic mass is 9.74. The minimum Gasteiger partial charge on any atom is -0.373 e. The molecule has 2 N–H and O–H groups in total. The van der Waals surface area contributed by atoms with Crippen molar-refractivity contribution in [3.05, 3.63) is 16.9 Å². The summed E-state index contributed by atoms with van der Waals surface area (Å²) in [5.74, 6) is 0.747. The van der Waals surface area contributed by atoms with Crippen LogP contribution in [-0.2, 0) is 4.74 Å². The van der Waals surface area contributed by atoms with E-state index in [0.717, 1.165) is 37.3 Å². The summed E-state index contributed by atoms with van der Waals surface area (Å²) < 4.78 is 8.11. The van der Waals surface area contributed by atoms with E-state index in [1.807, 2.05) is 11.6 Å². The molecule has 0 aliphatic heterocycles. The van der Waals surface area contributed by atoms with Gasteiger partial charge in [-0.1, -0.05) is 18.5 Å². The first-order chi connectivity index (χ1) is 9.91. The summed E-state index contributed by atoms with van der Waals surface area (Å²) in [7, 11) is 0. The summed E-state index contributed by atoms with van der Waals surface area (Å²) in [6.45, 7) is 9.20. The molecule has 0 spiro atoms. The molecule has 0 radical (unpaired) electrons. The molecule has 4 nitrogen and oxygen atoms in total. The van der Waals surface area contributed by atoms with Crippen LogP contribution in [0, 0.1) is 5.92 Å². The predicted octanol–water partition coefficient (Wildman–Crippen LogP) is 4.10. The van der Waals surface area contributed by atoms with Crippen LogP contribution in [0.5, 0.6) is 0 Å². The highest BCUT2D eigenvalue weighted by Crippen LogP contribution is 2.43. The van der Waals surface area contributed by atoms with Crippen molar-refractivity contribution < 1.29 is 4.74 Å². The van der Waals surface area contributed by atoms with E-state index in [-0.39, 0.29) is 17.7 Å². The van der Waals surface area contributed by atoms with E-state index in [1.165, 1.54) is 0 Å². The Morgan fingerprint density at radius 1 is 1.48 bits per heavy atom. The molecule has 0 amide bonds. The van der Waals surface area contributed by atoms with Gasteiger partial charge in [-0.15, -0.1) is 0 Å². The maximum Gasteiger partial charge on any atom is 0.0890 e. The molecule has 1 saturated carbocycles. The van der Waals surface area contributed by atoms with Gasteiger partial charge < -0.3 is 10.5 Å². The maximum atomic E-state index is 6.65. The number of nitrogens with two attached hydrogens (primary N) is 1. The summed E-state index contributed by atoms with van der Waals surface area (Å²) in [4.78, 5) is 0. The number of rotatable bonds is 5. The van der Waals surface area contributed by atoms with Gasteiger partial charge in [-0.3, -0.25) is 4.68 Å². The van der Waals surface area contributed by atoms with Crippen molar-refractivity contribution in [3.8, 4) is 0 Å². The Morgan fingerprint density at radius 2 is 2.10 bits per heavy atom. The molecule has 1 fully saturated rings. The van der Waals surface area contributed by atoms with Gasteiger partial charge in [0.25, 0.3) is 0 Å². The number of ether oxygens (including phenoxy) is 1. The predicted molar refractivity (Wildman–Crippen MR) is 86.5 cm³/mol. The van der Waals surface area contributed by atoms with Crippen molar-refractivity contribution in [2.75, 3.05) is 6.61 Å². The van der Waals surface area contributed by atoms with E-state index in [2.05, 4.69) is 25.9 Å². The topological polar surface area (TPSA) is 53.1 Å². The first-order valence-electron chi connectivity index (χ1n) is 8.03. The quantitative estimate of drug-likeness (QED) is 0.890. The number of hydrogen-bond donors (Lipinski definition) is 1. The largest absolute Gasteiger partial charge is 0.373 e. The summed E-state index contributed by atoms with van der Waals surface area (Å²) in [5.41, 5.74) is 7.25. The van der Waals surface area contributed by atoms with Gasteiger partial charge >= 0.3 is 0 Å². The van der Waals surface area contributed by atoms with E-state index >= 15 is 0 Å². The van der Waals surface area contributed by atoms with Crippen LogP contribution in [-0.4, -0.2) is 22.0 Å². The maximum absolute atomic E-state index is 6.65. The van der Waals surface area contributed by atoms with Crippen molar-refractivity contribution in [3.63, 3.8) is 0 Å². The fraction of sp³-hybridized carbons (Fsp3) is 0.812. The van der Waals surface area contributed by atoms with E-state index < -0.39 is 0 Å². The van der Waals surface area contributed by atoms with Gasteiger partial charge in [0.1, 0.15) is 0 Å². The second kappa shape index (κ2) is 6.67. The Labute approximate surface area is 133 Å². The van der Waals surface area contributed by atoms with Crippen molar-refractivity contribution in [1.82, 2.24) is 9.78 Å². The van der Waals surface area contributed by atoms with Gasteiger partial charge in [-0.05, 0) is 52.4 Å². The van der Waals surface area contributed by atoms with Crippen LogP contribution in [0.1, 0.15) is 71.2 Å². The third kappa shape index (κ3) is 3.27. The lowest BCUT2D eigenvalue weighted by molar-refractivity contribution is -0.0912. The Kier molecular flexibility index (Phi) is 5.33. The summed E-state index contributed by atoms with van der Waals surface area (Å²) in [6.07, 6.45) is 5.98. The molecule has 1 aliphatic rings. The molecular formula is C16H28ClN3O. The van der Waals surface area contributed by atoms with E-state index in [1.54, 1.807) is 6.20 Å². The minimum absolute atomic E-state index is 0.234. The summed E-state index contributed by atoms with van der Waals surface area (Å²) in [5, 5.41) is 5.03. The highest BCUT2D eigenvalue weighted by atomic mass is 35.5. The molecule has 5 heteroatoms. The van der Waals surface area contributed by atoms with Gasteiger partial charge in [0, 0.05) is 12.6 Å². The van der Waals surface area contributed by atoms with Crippen LogP contribution < -0.4 is 5.73 Å². The van der Waals surface area contributed by atoms with E-state index in [9.17, 15) is 0 Å². The van der Waals surface area contributed by atoms with E-state index in [4.69, 9.17) is 22.1 Å². The van der Waals surface area contributed by atoms with E-state index in [0.29, 0.717) is 11.6 Å². The lowest BCUT2D eigenvalue weighted by Crippen LogP contribution is -2.47. The van der Waals surface area contributed by atoms with Crippen LogP contribution in [0.2, 0.25) is 5.02 Å². The second-order valence-corrected chi connectivity index (χ2v) is 6.98. The van der Waals surface area contributed by atoms with Crippen LogP contribution >= 0.6 is 11.6 Å². The molecule has 0 bridgehead atoms. The number of hydrogen-bond acceptors (Lipinski definition) is 3. The summed E-state index contributed by atoms with van der Waals surface area (Å²) >= 11 is 6.38. The Bertz CT molecular complexity index is 464. The van der Waals surface area contributed by atoms with Crippen molar-refractivity contribution in [2.24, 2.45) is 11.7 Å². The van der Waals surface area contributed by atoms with Gasteiger partial charge in [-0.2, -0.15) is 5.10 Å². The average molecular weight is 314 g/mol. The molecule has 21 heavy (non-hydrogen) atoms. The highest BCUT2D eigenvalue weighted by Gasteiger charge is 2.43. The SMILES string of the molecule is CCOC1(C(N)c2c(Cl)cnn2C(C)C)CCC(C)CC1. The fourth-order valence-electron chi connectivity index (χ4n) is 3.39. The zero-order valence-electron chi connectivity index (χ0n) is 13.6. The zero-order valence-corrected chi connectivity index (χ0v) is 14.4. The Hall–Kier alpha value is -0.580. The van der Waals surface area contributed by atoms with Crippen LogP contribution in [0.15, 0.2) is 6.20 Å². The number of nitrogens with zero attached hydrogens (tertiary/aromatic N) is 2. The number of halogens is 1. The highest BCUT2D eigenvalue weighted by molar-refractivity contribution is 6.31. The minimum atomic E-state index is -0.308. The number of aromatic nitrogens is 2. The third-order valence-electron chi connectivity index (χ3n) is 4.69. The molecule has 120 valence electrons. The molecule has 0 aromatic carbocycles. The molecule has 1 atom stereocenters. The van der Waals surface area contributed by atoms with Crippen molar-refractivity contribution in [2.45, 2.75) is 71.1 Å². The molecule has 1 aromatic heterocycles. The molecule has 1 heterocycles.